The quantitative estimate of drug-likeness (QED) is 0.376. The Hall–Kier alpha value is -0.620. The molecule has 2 N–H and O–H groups in total. The summed E-state index contributed by atoms with van der Waals surface area (Å²) in [6, 6.07) is 0.280. The number of alkyl halides is 3. The molecule has 0 spiro atoms. The second-order valence-electron chi connectivity index (χ2n) is 7.06. The fourth-order valence-corrected chi connectivity index (χ4v) is 4.61. The maximum atomic E-state index is 12.6. The number of thiazole rings is 1. The summed E-state index contributed by atoms with van der Waals surface area (Å²) in [6.07, 6.45) is -2.62. The summed E-state index contributed by atoms with van der Waals surface area (Å²) in [4.78, 5) is 7.86. The molecule has 1 aromatic heterocycles. The standard InChI is InChI=1S/C16H23F3N4OS.HI/c1-15(2)12(9-5-7-24-13(9)15)23-14(20-3)21-6-4-11-22-10(8-25-11)16(17,18)19;/h8-9,12-13H,4-7H2,1-3H3,(H2,20,21,23);1H. The van der Waals surface area contributed by atoms with Crippen LogP contribution in [-0.4, -0.2) is 43.3 Å². The minimum Gasteiger partial charge on any atom is -0.377 e. The van der Waals surface area contributed by atoms with Crippen molar-refractivity contribution in [2.45, 2.75) is 45.0 Å². The van der Waals surface area contributed by atoms with E-state index in [9.17, 15) is 13.2 Å². The van der Waals surface area contributed by atoms with Crippen molar-refractivity contribution in [3.63, 3.8) is 0 Å². The smallest absolute Gasteiger partial charge is 0.377 e. The second kappa shape index (κ2) is 8.17. The van der Waals surface area contributed by atoms with Gasteiger partial charge in [-0.1, -0.05) is 13.8 Å². The maximum absolute atomic E-state index is 12.6. The van der Waals surface area contributed by atoms with Gasteiger partial charge in [-0.05, 0) is 6.42 Å². The lowest BCUT2D eigenvalue weighted by atomic mass is 9.57. The van der Waals surface area contributed by atoms with Crippen molar-refractivity contribution in [3.05, 3.63) is 16.1 Å². The van der Waals surface area contributed by atoms with Crippen LogP contribution >= 0.6 is 35.3 Å². The minimum atomic E-state index is -4.38. The third-order valence-corrected chi connectivity index (χ3v) is 6.00. The Bertz CT molecular complexity index is 650. The van der Waals surface area contributed by atoms with Gasteiger partial charge in [0.1, 0.15) is 0 Å². The van der Waals surface area contributed by atoms with Gasteiger partial charge in [-0.2, -0.15) is 13.2 Å². The number of nitrogens with one attached hydrogen (secondary N) is 2. The lowest BCUT2D eigenvalue weighted by Crippen LogP contribution is -2.68. The van der Waals surface area contributed by atoms with E-state index in [0.717, 1.165) is 29.7 Å². The van der Waals surface area contributed by atoms with Crippen LogP contribution in [0.5, 0.6) is 0 Å². The van der Waals surface area contributed by atoms with Gasteiger partial charge in [0.15, 0.2) is 11.7 Å². The zero-order chi connectivity index (χ0) is 18.2. The average Bonchev–Trinajstić information content (AvgIpc) is 3.18. The third-order valence-electron chi connectivity index (χ3n) is 5.09. The highest BCUT2D eigenvalue weighted by molar-refractivity contribution is 14.0. The number of nitrogens with zero attached hydrogens (tertiary/aromatic N) is 2. The van der Waals surface area contributed by atoms with Crippen LogP contribution in [0.2, 0.25) is 0 Å². The number of guanidine groups is 1. The van der Waals surface area contributed by atoms with Gasteiger partial charge in [0.25, 0.3) is 0 Å². The van der Waals surface area contributed by atoms with Gasteiger partial charge in [0.05, 0.1) is 11.1 Å². The van der Waals surface area contributed by atoms with Gasteiger partial charge in [-0.3, -0.25) is 4.99 Å². The molecular formula is C16H24F3IN4OS. The second-order valence-corrected chi connectivity index (χ2v) is 8.00. The van der Waals surface area contributed by atoms with Crippen molar-refractivity contribution in [1.29, 1.82) is 0 Å². The molecule has 148 valence electrons. The van der Waals surface area contributed by atoms with Crippen LogP contribution in [0.3, 0.4) is 0 Å². The molecule has 26 heavy (non-hydrogen) atoms. The van der Waals surface area contributed by atoms with E-state index < -0.39 is 11.9 Å². The molecule has 3 atom stereocenters. The first-order chi connectivity index (χ1) is 11.7. The molecule has 2 aliphatic rings. The Morgan fingerprint density at radius 2 is 2.19 bits per heavy atom. The van der Waals surface area contributed by atoms with Crippen LogP contribution < -0.4 is 10.6 Å². The molecule has 3 rings (SSSR count). The van der Waals surface area contributed by atoms with E-state index in [1.165, 1.54) is 0 Å². The van der Waals surface area contributed by atoms with E-state index in [1.54, 1.807) is 7.05 Å². The number of aliphatic imine (C=N–C) groups is 1. The highest BCUT2D eigenvalue weighted by Crippen LogP contribution is 2.52. The van der Waals surface area contributed by atoms with Gasteiger partial charge in [-0.15, -0.1) is 35.3 Å². The van der Waals surface area contributed by atoms with Crippen LogP contribution in [0.4, 0.5) is 13.2 Å². The van der Waals surface area contributed by atoms with E-state index in [-0.39, 0.29) is 35.4 Å². The van der Waals surface area contributed by atoms with Crippen molar-refractivity contribution in [1.82, 2.24) is 15.6 Å². The number of fused-ring (bicyclic) bond motifs is 1. The molecule has 2 fully saturated rings. The molecule has 1 aliphatic heterocycles. The minimum absolute atomic E-state index is 0. The molecule has 1 aliphatic carbocycles. The SMILES string of the molecule is CN=C(NCCc1nc(C(F)(F)F)cs1)NC1C2CCOC2C1(C)C.I. The number of hydrogen-bond donors (Lipinski definition) is 2. The Labute approximate surface area is 172 Å². The zero-order valence-corrected chi connectivity index (χ0v) is 18.0. The van der Waals surface area contributed by atoms with E-state index in [0.29, 0.717) is 36.0 Å². The zero-order valence-electron chi connectivity index (χ0n) is 14.9. The molecule has 0 radical (unpaired) electrons. The van der Waals surface area contributed by atoms with Gasteiger partial charge >= 0.3 is 6.18 Å². The molecule has 2 heterocycles. The van der Waals surface area contributed by atoms with Crippen molar-refractivity contribution in [2.24, 2.45) is 16.3 Å². The molecule has 5 nitrogen and oxygen atoms in total. The number of ether oxygens (including phenoxy) is 1. The normalized spacial score (nSPS) is 27.3. The summed E-state index contributed by atoms with van der Waals surface area (Å²) >= 11 is 1.03. The predicted octanol–water partition coefficient (Wildman–Crippen LogP) is 3.30. The van der Waals surface area contributed by atoms with Gasteiger partial charge in [-0.25, -0.2) is 4.98 Å². The van der Waals surface area contributed by atoms with Crippen molar-refractivity contribution < 1.29 is 17.9 Å². The molecule has 0 bridgehead atoms. The fourth-order valence-electron chi connectivity index (χ4n) is 3.80. The van der Waals surface area contributed by atoms with E-state index in [1.807, 2.05) is 0 Å². The number of halogens is 4. The van der Waals surface area contributed by atoms with E-state index >= 15 is 0 Å². The third kappa shape index (κ3) is 4.27. The highest BCUT2D eigenvalue weighted by atomic mass is 127. The molecule has 0 aromatic carbocycles. The largest absolute Gasteiger partial charge is 0.434 e. The Balaban J connectivity index is 0.00000243. The van der Waals surface area contributed by atoms with Crippen LogP contribution in [0.15, 0.2) is 10.4 Å². The summed E-state index contributed by atoms with van der Waals surface area (Å²) in [5, 5.41) is 8.13. The van der Waals surface area contributed by atoms with Crippen LogP contribution in [0.25, 0.3) is 0 Å². The highest BCUT2D eigenvalue weighted by Gasteiger charge is 2.59. The van der Waals surface area contributed by atoms with Crippen LogP contribution in [-0.2, 0) is 17.3 Å². The van der Waals surface area contributed by atoms with E-state index in [2.05, 4.69) is 34.5 Å². The molecule has 10 heteroatoms. The summed E-state index contributed by atoms with van der Waals surface area (Å²) in [5.74, 6) is 1.15. The van der Waals surface area contributed by atoms with E-state index in [4.69, 9.17) is 4.74 Å². The molecule has 1 aromatic rings. The summed E-state index contributed by atoms with van der Waals surface area (Å²) in [6.45, 7) is 5.63. The van der Waals surface area contributed by atoms with Crippen molar-refractivity contribution in [2.75, 3.05) is 20.2 Å². The van der Waals surface area contributed by atoms with Gasteiger partial charge in [0.2, 0.25) is 0 Å². The van der Waals surface area contributed by atoms with Crippen LogP contribution in [0.1, 0.15) is 31.0 Å². The first-order valence-corrected chi connectivity index (χ1v) is 9.22. The summed E-state index contributed by atoms with van der Waals surface area (Å²) < 4.78 is 43.5. The number of rotatable bonds is 4. The topological polar surface area (TPSA) is 58.5 Å². The Morgan fingerprint density at radius 3 is 2.81 bits per heavy atom. The molecule has 0 amide bonds. The molecule has 1 saturated heterocycles. The van der Waals surface area contributed by atoms with Crippen molar-refractivity contribution >= 4 is 41.3 Å². The number of aromatic nitrogens is 1. The van der Waals surface area contributed by atoms with Gasteiger partial charge < -0.3 is 15.4 Å². The Morgan fingerprint density at radius 1 is 1.46 bits per heavy atom. The first-order valence-electron chi connectivity index (χ1n) is 8.34. The van der Waals surface area contributed by atoms with Crippen LogP contribution in [0, 0.1) is 11.3 Å². The predicted molar refractivity (Wildman–Crippen MR) is 106 cm³/mol. The first kappa shape index (κ1) is 21.7. The molecule has 1 saturated carbocycles. The fraction of sp³-hybridized carbons (Fsp3) is 0.750. The van der Waals surface area contributed by atoms with Crippen molar-refractivity contribution in [3.8, 4) is 0 Å². The lowest BCUT2D eigenvalue weighted by molar-refractivity contribution is -0.140. The molecular weight excluding hydrogens is 480 g/mol. The maximum Gasteiger partial charge on any atom is 0.434 e. The average molecular weight is 504 g/mol. The lowest BCUT2D eigenvalue weighted by Gasteiger charge is -2.54. The Kier molecular flexibility index (Phi) is 6.81. The molecule has 3 unspecified atom stereocenters. The summed E-state index contributed by atoms with van der Waals surface area (Å²) in [5.41, 5.74) is -0.783. The monoisotopic (exact) mass is 504 g/mol. The summed E-state index contributed by atoms with van der Waals surface area (Å²) in [7, 11) is 1.69. The number of hydrogen-bond acceptors (Lipinski definition) is 4. The van der Waals surface area contributed by atoms with Gasteiger partial charge in [0, 0.05) is 49.4 Å².